The van der Waals surface area contributed by atoms with E-state index in [0.717, 1.165) is 19.8 Å². The van der Waals surface area contributed by atoms with Crippen LogP contribution >= 0.6 is 35.7 Å². The van der Waals surface area contributed by atoms with Crippen LogP contribution < -0.4 is 0 Å². The summed E-state index contributed by atoms with van der Waals surface area (Å²) in [5.41, 5.74) is 0. The molecule has 0 fully saturated rings. The summed E-state index contributed by atoms with van der Waals surface area (Å²) in [5, 5.41) is 1.88. The minimum Gasteiger partial charge on any atom is -0.324 e. The Morgan fingerprint density at radius 3 is 2.48 bits per heavy atom. The molecule has 0 radical (unpaired) electrons. The van der Waals surface area contributed by atoms with Crippen LogP contribution in [0.15, 0.2) is 80.8 Å². The third-order valence-corrected chi connectivity index (χ3v) is 4.91. The number of nitrogens with zero attached hydrogens (tertiary/aromatic N) is 2. The molecule has 0 saturated carbocycles. The van der Waals surface area contributed by atoms with Gasteiger partial charge in [0.25, 0.3) is 0 Å². The summed E-state index contributed by atoms with van der Waals surface area (Å²) in [6, 6.07) is 16.0. The molecule has 0 amide bonds. The van der Waals surface area contributed by atoms with Gasteiger partial charge in [-0.2, -0.15) is 0 Å². The van der Waals surface area contributed by atoms with Crippen molar-refractivity contribution in [2.75, 3.05) is 0 Å². The van der Waals surface area contributed by atoms with Crippen LogP contribution in [-0.4, -0.2) is 15.0 Å². The van der Waals surface area contributed by atoms with Gasteiger partial charge in [-0.15, -0.1) is 0 Å². The second kappa shape index (κ2) is 6.89. The monoisotopic (exact) mass is 329 g/mol. The van der Waals surface area contributed by atoms with Gasteiger partial charge in [0.15, 0.2) is 4.77 Å². The van der Waals surface area contributed by atoms with Crippen LogP contribution in [0.4, 0.5) is 0 Å². The van der Waals surface area contributed by atoms with Crippen molar-refractivity contribution in [2.45, 2.75) is 19.8 Å². The van der Waals surface area contributed by atoms with Crippen molar-refractivity contribution in [1.82, 2.24) is 15.0 Å². The van der Waals surface area contributed by atoms with Crippen LogP contribution in [0.3, 0.4) is 0 Å². The van der Waals surface area contributed by atoms with E-state index in [4.69, 9.17) is 12.2 Å². The molecule has 21 heavy (non-hydrogen) atoms. The van der Waals surface area contributed by atoms with Crippen molar-refractivity contribution in [3.05, 3.63) is 65.7 Å². The Labute approximate surface area is 136 Å². The highest BCUT2D eigenvalue weighted by atomic mass is 32.2. The normalized spacial score (nSPS) is 10.5. The van der Waals surface area contributed by atoms with Gasteiger partial charge in [-0.25, -0.2) is 9.97 Å². The molecule has 2 aromatic heterocycles. The number of H-pyrrole nitrogens is 1. The maximum atomic E-state index is 5.13. The van der Waals surface area contributed by atoms with Gasteiger partial charge in [-0.1, -0.05) is 47.8 Å². The van der Waals surface area contributed by atoms with Crippen LogP contribution in [0.5, 0.6) is 0 Å². The summed E-state index contributed by atoms with van der Waals surface area (Å²) >= 11 is 8.34. The average Bonchev–Trinajstić information content (AvgIpc) is 2.52. The summed E-state index contributed by atoms with van der Waals surface area (Å²) in [6.07, 6.45) is 3.59. The fourth-order valence-electron chi connectivity index (χ4n) is 1.64. The van der Waals surface area contributed by atoms with Gasteiger partial charge in [0.05, 0.1) is 9.92 Å². The Morgan fingerprint density at radius 1 is 0.905 bits per heavy atom. The lowest BCUT2D eigenvalue weighted by atomic mass is 10.4. The molecule has 104 valence electrons. The number of aromatic amines is 1. The first kappa shape index (κ1) is 14.3. The zero-order valence-electron chi connectivity index (χ0n) is 10.9. The maximum absolute atomic E-state index is 5.13. The van der Waals surface area contributed by atoms with Crippen molar-refractivity contribution >= 4 is 35.7 Å². The zero-order chi connectivity index (χ0) is 14.5. The molecule has 0 atom stereocenters. The Kier molecular flexibility index (Phi) is 4.69. The Bertz CT molecular complexity index is 773. The SMILES string of the molecule is S=c1ncc(Sc2ccccc2)c(Sc2ccccn2)[nH]1. The minimum absolute atomic E-state index is 0.478. The molecule has 6 heteroatoms. The summed E-state index contributed by atoms with van der Waals surface area (Å²) in [6.45, 7) is 0. The highest BCUT2D eigenvalue weighted by Crippen LogP contribution is 2.36. The predicted octanol–water partition coefficient (Wildman–Crippen LogP) is 4.84. The zero-order valence-corrected chi connectivity index (χ0v) is 13.3. The summed E-state index contributed by atoms with van der Waals surface area (Å²) in [5.74, 6) is 0. The molecule has 1 aromatic carbocycles. The number of benzene rings is 1. The van der Waals surface area contributed by atoms with E-state index in [-0.39, 0.29) is 0 Å². The van der Waals surface area contributed by atoms with Crippen LogP contribution in [0.25, 0.3) is 0 Å². The van der Waals surface area contributed by atoms with E-state index in [2.05, 4.69) is 27.1 Å². The molecular formula is C15H11N3S3. The molecule has 0 spiro atoms. The first-order chi connectivity index (χ1) is 10.3. The van der Waals surface area contributed by atoms with Gasteiger partial charge in [-0.05, 0) is 36.5 Å². The molecule has 0 saturated heterocycles. The Morgan fingerprint density at radius 2 is 1.71 bits per heavy atom. The van der Waals surface area contributed by atoms with E-state index in [9.17, 15) is 0 Å². The number of pyridine rings is 1. The van der Waals surface area contributed by atoms with Crippen LogP contribution in [-0.2, 0) is 0 Å². The molecule has 0 aliphatic heterocycles. The van der Waals surface area contributed by atoms with Crippen molar-refractivity contribution in [3.8, 4) is 0 Å². The third-order valence-electron chi connectivity index (χ3n) is 2.56. The van der Waals surface area contributed by atoms with Gasteiger partial charge in [0, 0.05) is 17.3 Å². The van der Waals surface area contributed by atoms with Crippen molar-refractivity contribution in [1.29, 1.82) is 0 Å². The second-order valence-electron chi connectivity index (χ2n) is 4.07. The predicted molar refractivity (Wildman–Crippen MR) is 88.3 cm³/mol. The minimum atomic E-state index is 0.478. The van der Waals surface area contributed by atoms with Gasteiger partial charge >= 0.3 is 0 Å². The summed E-state index contributed by atoms with van der Waals surface area (Å²) in [4.78, 5) is 13.9. The lowest BCUT2D eigenvalue weighted by Crippen LogP contribution is -1.89. The number of aromatic nitrogens is 3. The molecule has 0 aliphatic rings. The lowest BCUT2D eigenvalue weighted by Gasteiger charge is -2.07. The summed E-state index contributed by atoms with van der Waals surface area (Å²) in [7, 11) is 0. The molecule has 0 bridgehead atoms. The largest absolute Gasteiger partial charge is 0.324 e. The molecule has 2 heterocycles. The topological polar surface area (TPSA) is 41.6 Å². The highest BCUT2D eigenvalue weighted by molar-refractivity contribution is 8.02. The smallest absolute Gasteiger partial charge is 0.197 e. The van der Waals surface area contributed by atoms with E-state index in [1.165, 1.54) is 0 Å². The average molecular weight is 329 g/mol. The van der Waals surface area contributed by atoms with E-state index in [1.807, 2.05) is 42.6 Å². The van der Waals surface area contributed by atoms with Gasteiger partial charge < -0.3 is 4.98 Å². The quantitative estimate of drug-likeness (QED) is 0.548. The number of rotatable bonds is 4. The van der Waals surface area contributed by atoms with E-state index < -0.39 is 0 Å². The van der Waals surface area contributed by atoms with Crippen molar-refractivity contribution in [3.63, 3.8) is 0 Å². The first-order valence-electron chi connectivity index (χ1n) is 6.22. The molecule has 3 nitrogen and oxygen atoms in total. The Balaban J connectivity index is 1.92. The molecular weight excluding hydrogens is 318 g/mol. The van der Waals surface area contributed by atoms with Crippen LogP contribution in [0.2, 0.25) is 0 Å². The number of hydrogen-bond acceptors (Lipinski definition) is 5. The van der Waals surface area contributed by atoms with Crippen molar-refractivity contribution < 1.29 is 0 Å². The fourth-order valence-corrected chi connectivity index (χ4v) is 3.68. The molecule has 3 rings (SSSR count). The molecule has 3 aromatic rings. The van der Waals surface area contributed by atoms with E-state index in [1.54, 1.807) is 29.7 Å². The van der Waals surface area contributed by atoms with Crippen molar-refractivity contribution in [2.24, 2.45) is 0 Å². The van der Waals surface area contributed by atoms with Crippen LogP contribution in [0, 0.1) is 4.77 Å². The lowest BCUT2D eigenvalue weighted by molar-refractivity contribution is 0.937. The van der Waals surface area contributed by atoms with E-state index in [0.29, 0.717) is 4.77 Å². The van der Waals surface area contributed by atoms with Crippen LogP contribution in [0.1, 0.15) is 0 Å². The third kappa shape index (κ3) is 3.93. The Hall–Kier alpha value is -1.63. The fraction of sp³-hybridized carbons (Fsp3) is 0. The standard InChI is InChI=1S/C15H11N3S3/c19-15-17-10-12(20-11-6-2-1-3-7-11)14(18-15)21-13-8-4-5-9-16-13/h1-10H,(H,17,18,19). The van der Waals surface area contributed by atoms with Gasteiger partial charge in [-0.3, -0.25) is 0 Å². The molecule has 0 unspecified atom stereocenters. The highest BCUT2D eigenvalue weighted by Gasteiger charge is 2.08. The maximum Gasteiger partial charge on any atom is 0.197 e. The van der Waals surface area contributed by atoms with E-state index >= 15 is 0 Å². The molecule has 1 N–H and O–H groups in total. The molecule has 0 aliphatic carbocycles. The summed E-state index contributed by atoms with van der Waals surface area (Å²) < 4.78 is 0.478. The number of hydrogen-bond donors (Lipinski definition) is 1. The van der Waals surface area contributed by atoms with Gasteiger partial charge in [0.2, 0.25) is 0 Å². The number of nitrogens with one attached hydrogen (secondary N) is 1. The van der Waals surface area contributed by atoms with Gasteiger partial charge in [0.1, 0.15) is 5.03 Å². The first-order valence-corrected chi connectivity index (χ1v) is 8.26. The second-order valence-corrected chi connectivity index (χ2v) is 6.60.